The van der Waals surface area contributed by atoms with E-state index in [-0.39, 0.29) is 3.70 Å². The van der Waals surface area contributed by atoms with Crippen LogP contribution in [0.2, 0.25) is 0 Å². The minimum absolute atomic E-state index is 0.212. The van der Waals surface area contributed by atoms with Crippen molar-refractivity contribution < 1.29 is 22.7 Å². The molecule has 0 N–H and O–H groups in total. The van der Waals surface area contributed by atoms with Crippen LogP contribution < -0.4 is 0 Å². The molecule has 7 heteroatoms. The maximum absolute atomic E-state index is 13.3. The zero-order valence-corrected chi connectivity index (χ0v) is 9.59. The third-order valence-corrected chi connectivity index (χ3v) is 2.39. The molecule has 0 fully saturated rings. The Morgan fingerprint density at radius 2 is 2.20 bits per heavy atom. The highest BCUT2D eigenvalue weighted by Gasteiger charge is 2.25. The fraction of sp³-hybridized carbons (Fsp3) is 0.250. The van der Waals surface area contributed by atoms with Crippen LogP contribution in [-0.2, 0) is 4.74 Å². The highest BCUT2D eigenvalue weighted by atomic mass is 127. The van der Waals surface area contributed by atoms with Crippen molar-refractivity contribution in [2.24, 2.45) is 0 Å². The number of pyridine rings is 1. The first-order valence-electron chi connectivity index (χ1n) is 3.69. The van der Waals surface area contributed by atoms with E-state index in [2.05, 4.69) is 9.72 Å². The van der Waals surface area contributed by atoms with Crippen molar-refractivity contribution in [2.45, 2.75) is 6.43 Å². The van der Waals surface area contributed by atoms with Crippen LogP contribution in [0, 0.1) is 9.52 Å². The van der Waals surface area contributed by atoms with Crippen LogP contribution in [0.4, 0.5) is 13.2 Å². The standard InChI is InChI=1S/C8H5F3INO2/c1-15-8(14)3-2-13-7(12)5(9)4(3)6(10)11/h2,6H,1H3. The third-order valence-electron chi connectivity index (χ3n) is 1.64. The number of esters is 1. The number of alkyl halides is 2. The molecule has 0 aliphatic carbocycles. The molecule has 0 unspecified atom stereocenters. The van der Waals surface area contributed by atoms with Gasteiger partial charge in [0.1, 0.15) is 3.70 Å². The van der Waals surface area contributed by atoms with E-state index in [0.29, 0.717) is 0 Å². The molecule has 82 valence electrons. The molecule has 0 saturated carbocycles. The van der Waals surface area contributed by atoms with Crippen molar-refractivity contribution in [2.75, 3.05) is 7.11 Å². The minimum atomic E-state index is -3.09. The van der Waals surface area contributed by atoms with E-state index in [1.54, 1.807) is 0 Å². The molecule has 0 bridgehead atoms. The molecule has 0 amide bonds. The number of methoxy groups -OCH3 is 1. The molecule has 0 aliphatic rings. The fourth-order valence-corrected chi connectivity index (χ4v) is 1.39. The van der Waals surface area contributed by atoms with Crippen molar-refractivity contribution in [1.29, 1.82) is 0 Å². The number of ether oxygens (including phenoxy) is 1. The van der Waals surface area contributed by atoms with Crippen LogP contribution in [0.5, 0.6) is 0 Å². The van der Waals surface area contributed by atoms with Gasteiger partial charge in [0, 0.05) is 6.20 Å². The van der Waals surface area contributed by atoms with Crippen LogP contribution in [0.1, 0.15) is 22.3 Å². The molecule has 0 aromatic carbocycles. The van der Waals surface area contributed by atoms with Crippen molar-refractivity contribution in [3.8, 4) is 0 Å². The Bertz CT molecular complexity index is 398. The van der Waals surface area contributed by atoms with E-state index in [1.807, 2.05) is 0 Å². The Morgan fingerprint density at radius 3 is 2.67 bits per heavy atom. The second-order valence-corrected chi connectivity index (χ2v) is 3.50. The number of halogens is 4. The van der Waals surface area contributed by atoms with Crippen molar-refractivity contribution in [3.63, 3.8) is 0 Å². The number of carbonyl (C=O) groups is 1. The second kappa shape index (κ2) is 4.77. The van der Waals surface area contributed by atoms with Gasteiger partial charge in [-0.2, -0.15) is 0 Å². The van der Waals surface area contributed by atoms with Gasteiger partial charge in [0.2, 0.25) is 0 Å². The first-order valence-corrected chi connectivity index (χ1v) is 4.77. The van der Waals surface area contributed by atoms with E-state index in [9.17, 15) is 18.0 Å². The van der Waals surface area contributed by atoms with Crippen LogP contribution in [0.25, 0.3) is 0 Å². The summed E-state index contributed by atoms with van der Waals surface area (Å²) < 4.78 is 42.3. The molecule has 0 saturated heterocycles. The molecule has 1 aromatic heterocycles. The first-order chi connectivity index (χ1) is 6.99. The molecule has 0 atom stereocenters. The zero-order chi connectivity index (χ0) is 11.6. The summed E-state index contributed by atoms with van der Waals surface area (Å²) in [6.45, 7) is 0. The molecule has 0 radical (unpaired) electrons. The smallest absolute Gasteiger partial charge is 0.340 e. The average Bonchev–Trinajstić information content (AvgIpc) is 2.20. The second-order valence-electron chi connectivity index (χ2n) is 2.48. The van der Waals surface area contributed by atoms with E-state index < -0.39 is 29.3 Å². The number of hydrogen-bond acceptors (Lipinski definition) is 3. The normalized spacial score (nSPS) is 10.5. The molecule has 0 aliphatic heterocycles. The van der Waals surface area contributed by atoms with E-state index in [1.165, 1.54) is 22.6 Å². The van der Waals surface area contributed by atoms with Crippen molar-refractivity contribution in [1.82, 2.24) is 4.98 Å². The SMILES string of the molecule is COC(=O)c1cnc(I)c(F)c1C(F)F. The predicted octanol–water partition coefficient (Wildman–Crippen LogP) is 2.55. The lowest BCUT2D eigenvalue weighted by molar-refractivity contribution is 0.0586. The van der Waals surface area contributed by atoms with Gasteiger partial charge in [-0.3, -0.25) is 0 Å². The lowest BCUT2D eigenvalue weighted by atomic mass is 10.1. The zero-order valence-electron chi connectivity index (χ0n) is 7.43. The number of aromatic nitrogens is 1. The van der Waals surface area contributed by atoms with Crippen LogP contribution >= 0.6 is 22.6 Å². The van der Waals surface area contributed by atoms with E-state index >= 15 is 0 Å². The average molecular weight is 331 g/mol. The summed E-state index contributed by atoms with van der Waals surface area (Å²) in [6, 6.07) is 0. The maximum atomic E-state index is 13.3. The largest absolute Gasteiger partial charge is 0.465 e. The van der Waals surface area contributed by atoms with Gasteiger partial charge in [-0.05, 0) is 22.6 Å². The van der Waals surface area contributed by atoms with Crippen LogP contribution in [0.3, 0.4) is 0 Å². The Balaban J connectivity index is 3.40. The Hall–Kier alpha value is -0.860. The summed E-state index contributed by atoms with van der Waals surface area (Å²) >= 11 is 1.46. The van der Waals surface area contributed by atoms with Crippen molar-refractivity contribution in [3.05, 3.63) is 26.8 Å². The summed E-state index contributed by atoms with van der Waals surface area (Å²) in [6.07, 6.45) is -2.21. The van der Waals surface area contributed by atoms with Gasteiger partial charge in [-0.25, -0.2) is 22.9 Å². The monoisotopic (exact) mass is 331 g/mol. The molecule has 1 rings (SSSR count). The summed E-state index contributed by atoms with van der Waals surface area (Å²) in [5, 5.41) is 0. The van der Waals surface area contributed by atoms with Gasteiger partial charge in [0.15, 0.2) is 5.82 Å². The number of nitrogens with zero attached hydrogens (tertiary/aromatic N) is 1. The van der Waals surface area contributed by atoms with Gasteiger partial charge >= 0.3 is 5.97 Å². The maximum Gasteiger partial charge on any atom is 0.340 e. The summed E-state index contributed by atoms with van der Waals surface area (Å²) in [4.78, 5) is 14.5. The molecule has 1 aromatic rings. The highest BCUT2D eigenvalue weighted by Crippen LogP contribution is 2.27. The predicted molar refractivity (Wildman–Crippen MR) is 53.2 cm³/mol. The quantitative estimate of drug-likeness (QED) is 0.475. The van der Waals surface area contributed by atoms with Gasteiger partial charge in [0.05, 0.1) is 18.2 Å². The third kappa shape index (κ3) is 2.39. The van der Waals surface area contributed by atoms with Crippen LogP contribution in [0.15, 0.2) is 6.20 Å². The molecular formula is C8H5F3INO2. The number of rotatable bonds is 2. The lowest BCUT2D eigenvalue weighted by Gasteiger charge is -2.08. The van der Waals surface area contributed by atoms with E-state index in [4.69, 9.17) is 0 Å². The Labute approximate surface area is 96.8 Å². The summed E-state index contributed by atoms with van der Waals surface area (Å²) in [7, 11) is 1.02. The number of carbonyl (C=O) groups excluding carboxylic acids is 1. The van der Waals surface area contributed by atoms with Gasteiger partial charge in [0.25, 0.3) is 6.43 Å². The molecule has 1 heterocycles. The summed E-state index contributed by atoms with van der Waals surface area (Å²) in [5.41, 5.74) is -1.52. The van der Waals surface area contributed by atoms with E-state index in [0.717, 1.165) is 13.3 Å². The molecule has 3 nitrogen and oxygen atoms in total. The van der Waals surface area contributed by atoms with Gasteiger partial charge < -0.3 is 4.74 Å². The molecule has 15 heavy (non-hydrogen) atoms. The fourth-order valence-electron chi connectivity index (χ4n) is 0.963. The minimum Gasteiger partial charge on any atom is -0.465 e. The number of hydrogen-bond donors (Lipinski definition) is 0. The first kappa shape index (κ1) is 12.2. The van der Waals surface area contributed by atoms with Gasteiger partial charge in [-0.15, -0.1) is 0 Å². The highest BCUT2D eigenvalue weighted by molar-refractivity contribution is 14.1. The van der Waals surface area contributed by atoms with Crippen LogP contribution in [-0.4, -0.2) is 18.1 Å². The topological polar surface area (TPSA) is 39.2 Å². The van der Waals surface area contributed by atoms with Gasteiger partial charge in [-0.1, -0.05) is 0 Å². The Kier molecular flexibility index (Phi) is 3.89. The van der Waals surface area contributed by atoms with Crippen molar-refractivity contribution >= 4 is 28.6 Å². The summed E-state index contributed by atoms with van der Waals surface area (Å²) in [5.74, 6) is -2.22. The lowest BCUT2D eigenvalue weighted by Crippen LogP contribution is -2.10. The Morgan fingerprint density at radius 1 is 1.60 bits per heavy atom. The molecular weight excluding hydrogens is 326 g/mol. The molecule has 0 spiro atoms.